The Morgan fingerprint density at radius 2 is 1.74 bits per heavy atom. The van der Waals surface area contributed by atoms with Gasteiger partial charge in [0.15, 0.2) is 0 Å². The maximum atomic E-state index is 12.8. The molecule has 0 fully saturated rings. The van der Waals surface area contributed by atoms with Gasteiger partial charge in [0.2, 0.25) is 0 Å². The lowest BCUT2D eigenvalue weighted by atomic mass is 10.0. The van der Waals surface area contributed by atoms with Crippen LogP contribution >= 0.6 is 0 Å². The highest BCUT2D eigenvalue weighted by atomic mass is 32.2. The van der Waals surface area contributed by atoms with Crippen molar-refractivity contribution in [3.63, 3.8) is 0 Å². The molecule has 1 aromatic rings. The van der Waals surface area contributed by atoms with Gasteiger partial charge in [0, 0.05) is 22.1 Å². The van der Waals surface area contributed by atoms with E-state index >= 15 is 0 Å². The van der Waals surface area contributed by atoms with Crippen molar-refractivity contribution in [2.45, 2.75) is 50.7 Å². The first-order valence-electron chi connectivity index (χ1n) is 7.14. The second-order valence-corrected chi connectivity index (χ2v) is 7.41. The van der Waals surface area contributed by atoms with E-state index in [0.29, 0.717) is 5.92 Å². The maximum absolute atomic E-state index is 12.8. The van der Waals surface area contributed by atoms with Crippen LogP contribution in [0.3, 0.4) is 0 Å². The minimum atomic E-state index is -0.826. The molecule has 1 rings (SSSR count). The van der Waals surface area contributed by atoms with E-state index in [0.717, 1.165) is 6.42 Å². The number of hydrogen-bond acceptors (Lipinski definition) is 2. The first-order chi connectivity index (χ1) is 9.02. The van der Waals surface area contributed by atoms with Crippen molar-refractivity contribution in [2.75, 3.05) is 7.05 Å². The molecule has 108 valence electrons. The molecule has 1 aromatic carbocycles. The standard InChI is InChI=1S/C16H27NOS/c1-6-15(19(18)13(4)12(2)3)16(17-5)14-10-8-7-9-11-14/h7-13,15-17H,6H2,1-5H3. The number of rotatable bonds is 7. The van der Waals surface area contributed by atoms with E-state index in [9.17, 15) is 4.21 Å². The van der Waals surface area contributed by atoms with Crippen LogP contribution in [0.5, 0.6) is 0 Å². The molecule has 0 radical (unpaired) electrons. The van der Waals surface area contributed by atoms with Crippen LogP contribution in [0.4, 0.5) is 0 Å². The predicted molar refractivity (Wildman–Crippen MR) is 84.8 cm³/mol. The van der Waals surface area contributed by atoms with Crippen LogP contribution in [0.2, 0.25) is 0 Å². The summed E-state index contributed by atoms with van der Waals surface area (Å²) in [5.74, 6) is 0.447. The fourth-order valence-electron chi connectivity index (χ4n) is 2.31. The molecule has 0 bridgehead atoms. The summed E-state index contributed by atoms with van der Waals surface area (Å²) in [7, 11) is 1.13. The van der Waals surface area contributed by atoms with E-state index in [1.54, 1.807) is 0 Å². The zero-order valence-corrected chi connectivity index (χ0v) is 13.5. The van der Waals surface area contributed by atoms with Gasteiger partial charge >= 0.3 is 0 Å². The third-order valence-corrected chi connectivity index (χ3v) is 6.33. The van der Waals surface area contributed by atoms with Gasteiger partial charge in [-0.15, -0.1) is 0 Å². The van der Waals surface area contributed by atoms with Crippen LogP contribution in [0.15, 0.2) is 30.3 Å². The molecule has 0 aliphatic carbocycles. The van der Waals surface area contributed by atoms with Crippen molar-refractivity contribution in [3.05, 3.63) is 35.9 Å². The summed E-state index contributed by atoms with van der Waals surface area (Å²) in [4.78, 5) is 0. The first-order valence-corrected chi connectivity index (χ1v) is 8.42. The van der Waals surface area contributed by atoms with Crippen molar-refractivity contribution in [3.8, 4) is 0 Å². The van der Waals surface area contributed by atoms with Gasteiger partial charge in [0.25, 0.3) is 0 Å². The summed E-state index contributed by atoms with van der Waals surface area (Å²) in [5, 5.41) is 3.73. The highest BCUT2D eigenvalue weighted by Crippen LogP contribution is 2.26. The molecular formula is C16H27NOS. The Morgan fingerprint density at radius 1 is 1.16 bits per heavy atom. The van der Waals surface area contributed by atoms with Crippen molar-refractivity contribution in [1.82, 2.24) is 5.32 Å². The fourth-order valence-corrected chi connectivity index (χ4v) is 4.28. The largest absolute Gasteiger partial charge is 0.312 e. The minimum Gasteiger partial charge on any atom is -0.312 e. The Hall–Kier alpha value is -0.670. The van der Waals surface area contributed by atoms with Gasteiger partial charge < -0.3 is 5.32 Å². The van der Waals surface area contributed by atoms with Crippen LogP contribution in [-0.2, 0) is 10.8 Å². The molecule has 0 saturated carbocycles. The molecule has 0 saturated heterocycles. The van der Waals surface area contributed by atoms with Crippen LogP contribution in [0.1, 0.15) is 45.7 Å². The Labute approximate surface area is 120 Å². The molecule has 0 aromatic heterocycles. The van der Waals surface area contributed by atoms with Gasteiger partial charge in [-0.1, -0.05) is 58.0 Å². The van der Waals surface area contributed by atoms with Crippen LogP contribution < -0.4 is 5.32 Å². The minimum absolute atomic E-state index is 0.157. The Morgan fingerprint density at radius 3 is 2.16 bits per heavy atom. The highest BCUT2D eigenvalue weighted by Gasteiger charge is 2.29. The van der Waals surface area contributed by atoms with Gasteiger partial charge in [-0.2, -0.15) is 0 Å². The Balaban J connectivity index is 2.97. The molecule has 1 N–H and O–H groups in total. The van der Waals surface area contributed by atoms with Crippen LogP contribution in [0.25, 0.3) is 0 Å². The molecule has 4 atom stereocenters. The van der Waals surface area contributed by atoms with E-state index < -0.39 is 10.8 Å². The van der Waals surface area contributed by atoms with E-state index in [-0.39, 0.29) is 16.5 Å². The molecule has 0 aliphatic heterocycles. The van der Waals surface area contributed by atoms with Gasteiger partial charge in [-0.25, -0.2) is 0 Å². The lowest BCUT2D eigenvalue weighted by Gasteiger charge is -2.29. The van der Waals surface area contributed by atoms with Gasteiger partial charge in [0.1, 0.15) is 0 Å². The molecular weight excluding hydrogens is 254 g/mol. The number of hydrogen-bond donors (Lipinski definition) is 1. The molecule has 19 heavy (non-hydrogen) atoms. The quantitative estimate of drug-likeness (QED) is 0.828. The molecule has 0 spiro atoms. The molecule has 3 heteroatoms. The van der Waals surface area contributed by atoms with Gasteiger partial charge in [0.05, 0.1) is 5.25 Å². The second-order valence-electron chi connectivity index (χ2n) is 5.40. The molecule has 4 unspecified atom stereocenters. The summed E-state index contributed by atoms with van der Waals surface area (Å²) < 4.78 is 12.8. The summed E-state index contributed by atoms with van der Waals surface area (Å²) in [6.45, 7) is 8.52. The molecule has 2 nitrogen and oxygen atoms in total. The third-order valence-electron chi connectivity index (χ3n) is 3.85. The van der Waals surface area contributed by atoms with E-state index in [1.165, 1.54) is 5.56 Å². The maximum Gasteiger partial charge on any atom is 0.0543 e. The molecule has 0 heterocycles. The van der Waals surface area contributed by atoms with E-state index in [4.69, 9.17) is 0 Å². The van der Waals surface area contributed by atoms with Crippen molar-refractivity contribution >= 4 is 10.8 Å². The zero-order chi connectivity index (χ0) is 14.4. The van der Waals surface area contributed by atoms with Crippen molar-refractivity contribution in [1.29, 1.82) is 0 Å². The fraction of sp³-hybridized carbons (Fsp3) is 0.625. The Kier molecular flexibility index (Phi) is 6.73. The zero-order valence-electron chi connectivity index (χ0n) is 12.7. The summed E-state index contributed by atoms with van der Waals surface area (Å²) >= 11 is 0. The highest BCUT2D eigenvalue weighted by molar-refractivity contribution is 7.86. The Bertz CT molecular complexity index is 391. The van der Waals surface area contributed by atoms with Crippen molar-refractivity contribution < 1.29 is 4.21 Å². The third kappa shape index (κ3) is 4.15. The predicted octanol–water partition coefficient (Wildman–Crippen LogP) is 3.52. The van der Waals surface area contributed by atoms with E-state index in [2.05, 4.69) is 45.1 Å². The van der Waals surface area contributed by atoms with Crippen LogP contribution in [0, 0.1) is 5.92 Å². The average Bonchev–Trinajstić information content (AvgIpc) is 2.43. The summed E-state index contributed by atoms with van der Waals surface area (Å²) in [5.41, 5.74) is 1.22. The number of nitrogens with one attached hydrogen (secondary N) is 1. The monoisotopic (exact) mass is 281 g/mol. The molecule has 0 amide bonds. The smallest absolute Gasteiger partial charge is 0.0543 e. The lowest BCUT2D eigenvalue weighted by molar-refractivity contribution is 0.524. The van der Waals surface area contributed by atoms with Gasteiger partial charge in [-0.05, 0) is 24.9 Å². The summed E-state index contributed by atoms with van der Waals surface area (Å²) in [6.07, 6.45) is 0.921. The van der Waals surface area contributed by atoms with Gasteiger partial charge in [-0.3, -0.25) is 4.21 Å². The van der Waals surface area contributed by atoms with E-state index in [1.807, 2.05) is 25.2 Å². The topological polar surface area (TPSA) is 29.1 Å². The first kappa shape index (κ1) is 16.4. The summed E-state index contributed by atoms with van der Waals surface area (Å²) in [6, 6.07) is 10.5. The number of benzene rings is 1. The average molecular weight is 281 g/mol. The lowest BCUT2D eigenvalue weighted by Crippen LogP contribution is -2.37. The normalized spacial score (nSPS) is 18.0. The molecule has 0 aliphatic rings. The SMILES string of the molecule is CCC(C(NC)c1ccccc1)S(=O)C(C)C(C)C. The van der Waals surface area contributed by atoms with Crippen molar-refractivity contribution in [2.24, 2.45) is 5.92 Å². The second kappa shape index (κ2) is 7.81. The van der Waals surface area contributed by atoms with Crippen LogP contribution in [-0.4, -0.2) is 21.8 Å².